The van der Waals surface area contributed by atoms with Gasteiger partial charge in [-0.1, -0.05) is 0 Å². The predicted octanol–water partition coefficient (Wildman–Crippen LogP) is 1.01. The van der Waals surface area contributed by atoms with Crippen molar-refractivity contribution in [2.75, 3.05) is 25.1 Å². The first kappa shape index (κ1) is 20.4. The molecule has 166 valence electrons. The van der Waals surface area contributed by atoms with Crippen molar-refractivity contribution in [3.05, 3.63) is 54.2 Å². The molecule has 0 spiro atoms. The van der Waals surface area contributed by atoms with Gasteiger partial charge in [0.15, 0.2) is 0 Å². The number of ether oxygens (including phenoxy) is 1. The van der Waals surface area contributed by atoms with Crippen molar-refractivity contribution >= 4 is 29.4 Å². The van der Waals surface area contributed by atoms with E-state index in [2.05, 4.69) is 5.32 Å². The minimum atomic E-state index is -1.62. The summed E-state index contributed by atoms with van der Waals surface area (Å²) in [7, 11) is 1.20. The molecule has 0 radical (unpaired) electrons. The number of imide groups is 1. The second kappa shape index (κ2) is 7.27. The minimum absolute atomic E-state index is 0.199. The number of nitrogens with zero attached hydrogens (tertiary/aromatic N) is 2. The molecule has 1 aromatic heterocycles. The van der Waals surface area contributed by atoms with E-state index in [4.69, 9.17) is 9.15 Å². The Hall–Kier alpha value is -3.53. The normalized spacial score (nSPS) is 29.6. The van der Waals surface area contributed by atoms with Crippen LogP contribution in [0.5, 0.6) is 0 Å². The van der Waals surface area contributed by atoms with Gasteiger partial charge < -0.3 is 14.5 Å². The number of fused-ring (bicyclic) bond motifs is 3. The molecule has 0 aliphatic carbocycles. The fourth-order valence-corrected chi connectivity index (χ4v) is 5.40. The summed E-state index contributed by atoms with van der Waals surface area (Å²) in [6.07, 6.45) is 1.05. The highest BCUT2D eigenvalue weighted by Gasteiger charge is 2.73. The van der Waals surface area contributed by atoms with Crippen LogP contribution in [0.2, 0.25) is 0 Å². The van der Waals surface area contributed by atoms with Gasteiger partial charge in [0.25, 0.3) is 0 Å². The Kier molecular flexibility index (Phi) is 4.63. The maximum absolute atomic E-state index is 13.7. The molecule has 3 amide bonds. The standard InChI is InChI=1S/C22H20FN3O6/c1-31-15(27)11-22-17-16(19(28)26(20(17)29)13-6-4-12(23)5-7-13)18(14-3-2-10-32-14)25(22)9-8-24-21(22)30/h2-7,10,16-18H,8-9,11H2,1H3,(H,24,30)/t16-,17-,18+,22-/m0/s1. The van der Waals surface area contributed by atoms with Crippen molar-refractivity contribution in [1.29, 1.82) is 0 Å². The summed E-state index contributed by atoms with van der Waals surface area (Å²) in [5.74, 6) is -4.54. The molecule has 3 fully saturated rings. The van der Waals surface area contributed by atoms with Gasteiger partial charge in [0.05, 0.1) is 43.4 Å². The number of anilines is 1. The number of piperazine rings is 1. The summed E-state index contributed by atoms with van der Waals surface area (Å²) < 4.78 is 23.9. The van der Waals surface area contributed by atoms with E-state index >= 15 is 0 Å². The monoisotopic (exact) mass is 441 g/mol. The lowest BCUT2D eigenvalue weighted by atomic mass is 9.76. The molecule has 3 aliphatic heterocycles. The van der Waals surface area contributed by atoms with E-state index in [1.165, 1.54) is 25.5 Å². The van der Waals surface area contributed by atoms with Crippen LogP contribution in [0.15, 0.2) is 47.1 Å². The number of carbonyl (C=O) groups excluding carboxylic acids is 4. The molecule has 4 heterocycles. The fourth-order valence-electron chi connectivity index (χ4n) is 5.40. The molecule has 0 unspecified atom stereocenters. The summed E-state index contributed by atoms with van der Waals surface area (Å²) in [5.41, 5.74) is -1.42. The number of nitrogens with one attached hydrogen (secondary N) is 1. The maximum Gasteiger partial charge on any atom is 0.307 e. The molecule has 1 N–H and O–H groups in total. The van der Waals surface area contributed by atoms with Gasteiger partial charge in [-0.25, -0.2) is 9.29 Å². The summed E-state index contributed by atoms with van der Waals surface area (Å²) in [4.78, 5) is 55.8. The number of amides is 3. The highest BCUT2D eigenvalue weighted by Crippen LogP contribution is 2.57. The van der Waals surface area contributed by atoms with Crippen LogP contribution in [0.3, 0.4) is 0 Å². The second-order valence-electron chi connectivity index (χ2n) is 8.08. The SMILES string of the molecule is COC(=O)C[C@]12C(=O)NCCN1[C@H](c1ccco1)[C@H]1C(=O)N(c3ccc(F)cc3)C(=O)[C@H]12. The number of esters is 1. The lowest BCUT2D eigenvalue weighted by Gasteiger charge is -2.44. The Morgan fingerprint density at radius 2 is 1.97 bits per heavy atom. The zero-order valence-electron chi connectivity index (χ0n) is 17.1. The van der Waals surface area contributed by atoms with E-state index < -0.39 is 59.3 Å². The van der Waals surface area contributed by atoms with E-state index in [0.29, 0.717) is 18.8 Å². The van der Waals surface area contributed by atoms with Crippen LogP contribution < -0.4 is 10.2 Å². The largest absolute Gasteiger partial charge is 0.469 e. The second-order valence-corrected chi connectivity index (χ2v) is 8.08. The number of hydrogen-bond acceptors (Lipinski definition) is 7. The summed E-state index contributed by atoms with van der Waals surface area (Å²) >= 11 is 0. The van der Waals surface area contributed by atoms with Crippen LogP contribution in [-0.4, -0.2) is 54.3 Å². The molecular weight excluding hydrogens is 421 g/mol. The zero-order valence-corrected chi connectivity index (χ0v) is 17.1. The summed E-state index contributed by atoms with van der Waals surface area (Å²) in [6, 6.07) is 7.58. The predicted molar refractivity (Wildman–Crippen MR) is 106 cm³/mol. The lowest BCUT2D eigenvalue weighted by Crippen LogP contribution is -2.67. The molecule has 3 aliphatic rings. The third kappa shape index (κ3) is 2.65. The molecule has 5 rings (SSSR count). The molecule has 10 heteroatoms. The highest BCUT2D eigenvalue weighted by molar-refractivity contribution is 6.24. The van der Waals surface area contributed by atoms with E-state index in [9.17, 15) is 23.6 Å². The molecule has 1 aromatic carbocycles. The third-order valence-electron chi connectivity index (χ3n) is 6.65. The minimum Gasteiger partial charge on any atom is -0.469 e. The van der Waals surface area contributed by atoms with E-state index in [1.807, 2.05) is 0 Å². The molecule has 3 saturated heterocycles. The van der Waals surface area contributed by atoms with Crippen molar-refractivity contribution < 1.29 is 32.7 Å². The van der Waals surface area contributed by atoms with E-state index in [0.717, 1.165) is 17.0 Å². The Labute approximate surface area is 182 Å². The average molecular weight is 441 g/mol. The van der Waals surface area contributed by atoms with Crippen LogP contribution in [0.1, 0.15) is 18.2 Å². The lowest BCUT2D eigenvalue weighted by molar-refractivity contribution is -0.154. The van der Waals surface area contributed by atoms with Crippen LogP contribution >= 0.6 is 0 Å². The Bertz CT molecular complexity index is 1100. The van der Waals surface area contributed by atoms with Crippen LogP contribution in [-0.2, 0) is 23.9 Å². The number of hydrogen-bond donors (Lipinski definition) is 1. The van der Waals surface area contributed by atoms with Gasteiger partial charge in [0.2, 0.25) is 17.7 Å². The Morgan fingerprint density at radius 3 is 2.62 bits per heavy atom. The van der Waals surface area contributed by atoms with Crippen LogP contribution in [0, 0.1) is 17.7 Å². The van der Waals surface area contributed by atoms with E-state index in [-0.39, 0.29) is 5.69 Å². The number of rotatable bonds is 4. The van der Waals surface area contributed by atoms with Crippen molar-refractivity contribution in [1.82, 2.24) is 10.2 Å². The van der Waals surface area contributed by atoms with Crippen molar-refractivity contribution in [2.45, 2.75) is 18.0 Å². The number of methoxy groups -OCH3 is 1. The van der Waals surface area contributed by atoms with Gasteiger partial charge in [-0.05, 0) is 36.4 Å². The van der Waals surface area contributed by atoms with Gasteiger partial charge in [-0.2, -0.15) is 0 Å². The zero-order chi connectivity index (χ0) is 22.6. The highest BCUT2D eigenvalue weighted by atomic mass is 19.1. The fraction of sp³-hybridized carbons (Fsp3) is 0.364. The van der Waals surface area contributed by atoms with Crippen molar-refractivity contribution in [3.8, 4) is 0 Å². The first-order valence-electron chi connectivity index (χ1n) is 10.2. The molecule has 4 atom stereocenters. The van der Waals surface area contributed by atoms with Gasteiger partial charge in [-0.15, -0.1) is 0 Å². The van der Waals surface area contributed by atoms with Crippen LogP contribution in [0.4, 0.5) is 10.1 Å². The summed E-state index contributed by atoms with van der Waals surface area (Å²) in [5, 5.41) is 2.75. The van der Waals surface area contributed by atoms with Crippen LogP contribution in [0.25, 0.3) is 0 Å². The first-order chi connectivity index (χ1) is 15.4. The molecule has 0 saturated carbocycles. The molecule has 9 nitrogen and oxygen atoms in total. The van der Waals surface area contributed by atoms with Gasteiger partial charge in [0, 0.05) is 13.1 Å². The Balaban J connectivity index is 1.69. The molecule has 2 aromatic rings. The number of benzene rings is 1. The number of furan rings is 1. The molecule has 0 bridgehead atoms. The van der Waals surface area contributed by atoms with E-state index in [1.54, 1.807) is 17.0 Å². The quantitative estimate of drug-likeness (QED) is 0.557. The summed E-state index contributed by atoms with van der Waals surface area (Å²) in [6.45, 7) is 0.612. The number of carbonyl (C=O) groups is 4. The third-order valence-corrected chi connectivity index (χ3v) is 6.65. The van der Waals surface area contributed by atoms with Crippen molar-refractivity contribution in [2.24, 2.45) is 11.8 Å². The van der Waals surface area contributed by atoms with Gasteiger partial charge >= 0.3 is 5.97 Å². The average Bonchev–Trinajstić information content (AvgIpc) is 3.46. The Morgan fingerprint density at radius 1 is 1.22 bits per heavy atom. The topological polar surface area (TPSA) is 109 Å². The van der Waals surface area contributed by atoms with Gasteiger partial charge in [-0.3, -0.25) is 24.1 Å². The smallest absolute Gasteiger partial charge is 0.307 e. The first-order valence-corrected chi connectivity index (χ1v) is 10.2. The molecule has 32 heavy (non-hydrogen) atoms. The maximum atomic E-state index is 13.7. The van der Waals surface area contributed by atoms with Crippen molar-refractivity contribution in [3.63, 3.8) is 0 Å². The molecular formula is C22H20FN3O6. The number of halogens is 1. The van der Waals surface area contributed by atoms with Gasteiger partial charge in [0.1, 0.15) is 17.1 Å².